The number of hydrogen-bond donors (Lipinski definition) is 1. The van der Waals surface area contributed by atoms with Gasteiger partial charge in [0.2, 0.25) is 0 Å². The third kappa shape index (κ3) is 4.61. The summed E-state index contributed by atoms with van der Waals surface area (Å²) in [6.07, 6.45) is 2.73. The number of carbonyl (C=O) groups is 1. The first kappa shape index (κ1) is 13.6. The molecule has 1 atom stereocenters. The van der Waals surface area contributed by atoms with Gasteiger partial charge in [0, 0.05) is 24.6 Å². The molecule has 0 bridgehead atoms. The van der Waals surface area contributed by atoms with Crippen molar-refractivity contribution in [3.8, 4) is 0 Å². The Morgan fingerprint density at radius 1 is 1.38 bits per heavy atom. The monoisotopic (exact) mass is 247 g/mol. The summed E-state index contributed by atoms with van der Waals surface area (Å²) in [7, 11) is -3.01. The summed E-state index contributed by atoms with van der Waals surface area (Å²) in [5.41, 5.74) is 0. The zero-order valence-corrected chi connectivity index (χ0v) is 10.7. The van der Waals surface area contributed by atoms with Crippen molar-refractivity contribution in [3.05, 3.63) is 0 Å². The van der Waals surface area contributed by atoms with E-state index < -0.39 is 9.84 Å². The van der Waals surface area contributed by atoms with E-state index in [1.54, 1.807) is 0 Å². The minimum atomic E-state index is -3.01. The van der Waals surface area contributed by atoms with Gasteiger partial charge in [-0.25, -0.2) is 8.42 Å². The molecule has 0 radical (unpaired) electrons. The second kappa shape index (κ2) is 6.35. The average Bonchev–Trinajstić information content (AvgIpc) is 2.27. The van der Waals surface area contributed by atoms with Crippen LogP contribution >= 0.6 is 0 Å². The van der Waals surface area contributed by atoms with Crippen molar-refractivity contribution in [2.75, 3.05) is 24.6 Å². The Morgan fingerprint density at radius 3 is 2.69 bits per heavy atom. The number of sulfone groups is 1. The van der Waals surface area contributed by atoms with E-state index in [4.69, 9.17) is 0 Å². The van der Waals surface area contributed by atoms with Gasteiger partial charge in [-0.3, -0.25) is 4.79 Å². The second-order valence-electron chi connectivity index (χ2n) is 4.41. The highest BCUT2D eigenvalue weighted by atomic mass is 32.2. The molecule has 0 amide bonds. The van der Waals surface area contributed by atoms with Crippen LogP contribution in [0.5, 0.6) is 0 Å². The lowest BCUT2D eigenvalue weighted by Gasteiger charge is -2.21. The number of rotatable bonds is 6. The van der Waals surface area contributed by atoms with Crippen molar-refractivity contribution in [1.82, 2.24) is 5.32 Å². The molecule has 0 spiro atoms. The Labute approximate surface area is 97.7 Å². The van der Waals surface area contributed by atoms with E-state index in [0.29, 0.717) is 13.0 Å². The number of nitrogens with one attached hydrogen (secondary N) is 1. The lowest BCUT2D eigenvalue weighted by molar-refractivity contribution is -0.122. The number of carbonyl (C=O) groups excluding carboxylic acids is 1. The van der Waals surface area contributed by atoms with Crippen LogP contribution in [0.4, 0.5) is 0 Å². The van der Waals surface area contributed by atoms with Gasteiger partial charge in [-0.15, -0.1) is 0 Å². The molecule has 0 saturated carbocycles. The Hall–Kier alpha value is -0.420. The smallest absolute Gasteiger partial charge is 0.150 e. The molecule has 1 fully saturated rings. The highest BCUT2D eigenvalue weighted by molar-refractivity contribution is 7.91. The summed E-state index contributed by atoms with van der Waals surface area (Å²) in [6.45, 7) is 3.52. The molecule has 1 rings (SSSR count). The maximum Gasteiger partial charge on any atom is 0.150 e. The number of ketones is 1. The highest BCUT2D eigenvalue weighted by Gasteiger charge is 2.22. The molecule has 1 saturated heterocycles. The largest absolute Gasteiger partial charge is 0.316 e. The normalized spacial score (nSPS) is 21.9. The predicted octanol–water partition coefficient (Wildman–Crippen LogP) is 0.770. The molecule has 1 unspecified atom stereocenters. The molecule has 1 aliphatic heterocycles. The minimum Gasteiger partial charge on any atom is -0.316 e. The summed E-state index contributed by atoms with van der Waals surface area (Å²) in [5, 5.41) is 3.17. The molecule has 16 heavy (non-hydrogen) atoms. The molecule has 1 aliphatic rings. The van der Waals surface area contributed by atoms with Crippen LogP contribution in [0.25, 0.3) is 0 Å². The van der Waals surface area contributed by atoms with Gasteiger partial charge in [0.1, 0.15) is 5.78 Å². The minimum absolute atomic E-state index is 0.0240. The molecule has 5 heteroatoms. The first-order valence-electron chi connectivity index (χ1n) is 5.99. The van der Waals surface area contributed by atoms with E-state index in [0.717, 1.165) is 19.4 Å². The molecular formula is C11H21NO3S. The molecule has 1 N–H and O–H groups in total. The summed E-state index contributed by atoms with van der Waals surface area (Å²) >= 11 is 0. The second-order valence-corrected chi connectivity index (χ2v) is 6.72. The molecule has 0 aromatic carbocycles. The van der Waals surface area contributed by atoms with Crippen LogP contribution in [0, 0.1) is 5.92 Å². The van der Waals surface area contributed by atoms with Crippen LogP contribution in [0.3, 0.4) is 0 Å². The van der Waals surface area contributed by atoms with Crippen LogP contribution in [0.15, 0.2) is 0 Å². The van der Waals surface area contributed by atoms with E-state index in [1.165, 1.54) is 0 Å². The Morgan fingerprint density at radius 2 is 2.12 bits per heavy atom. The quantitative estimate of drug-likeness (QED) is 0.753. The van der Waals surface area contributed by atoms with Gasteiger partial charge >= 0.3 is 0 Å². The van der Waals surface area contributed by atoms with Crippen LogP contribution in [-0.4, -0.2) is 38.8 Å². The van der Waals surface area contributed by atoms with Gasteiger partial charge in [0.25, 0.3) is 0 Å². The molecular weight excluding hydrogens is 226 g/mol. The van der Waals surface area contributed by atoms with Gasteiger partial charge in [-0.2, -0.15) is 0 Å². The van der Waals surface area contributed by atoms with Crippen LogP contribution in [0.1, 0.15) is 32.6 Å². The SMILES string of the molecule is CCCS(=O)(=O)CCC(=O)C1CCCNC1. The first-order chi connectivity index (χ1) is 7.55. The third-order valence-electron chi connectivity index (χ3n) is 2.93. The third-order valence-corrected chi connectivity index (χ3v) is 4.78. The van der Waals surface area contributed by atoms with Crippen molar-refractivity contribution in [1.29, 1.82) is 0 Å². The van der Waals surface area contributed by atoms with Gasteiger partial charge in [-0.05, 0) is 25.8 Å². The van der Waals surface area contributed by atoms with Crippen molar-refractivity contribution in [2.45, 2.75) is 32.6 Å². The van der Waals surface area contributed by atoms with E-state index in [2.05, 4.69) is 5.32 Å². The Bertz CT molecular complexity index is 318. The summed E-state index contributed by atoms with van der Waals surface area (Å²) in [5.74, 6) is 0.358. The van der Waals surface area contributed by atoms with Gasteiger partial charge in [-0.1, -0.05) is 6.92 Å². The van der Waals surface area contributed by atoms with Crippen molar-refractivity contribution >= 4 is 15.6 Å². The zero-order valence-electron chi connectivity index (χ0n) is 9.87. The fraction of sp³-hybridized carbons (Fsp3) is 0.909. The molecule has 1 heterocycles. The van der Waals surface area contributed by atoms with Crippen molar-refractivity contribution in [3.63, 3.8) is 0 Å². The van der Waals surface area contributed by atoms with E-state index >= 15 is 0 Å². The fourth-order valence-corrected chi connectivity index (χ4v) is 3.34. The Balaban J connectivity index is 2.34. The van der Waals surface area contributed by atoms with Crippen LogP contribution < -0.4 is 5.32 Å². The number of piperidine rings is 1. The zero-order chi connectivity index (χ0) is 12.0. The number of Topliss-reactive ketones (excluding diaryl/α,β-unsaturated/α-hetero) is 1. The first-order valence-corrected chi connectivity index (χ1v) is 7.81. The maximum atomic E-state index is 11.7. The average molecular weight is 247 g/mol. The maximum absolute atomic E-state index is 11.7. The highest BCUT2D eigenvalue weighted by Crippen LogP contribution is 2.13. The van der Waals surface area contributed by atoms with Crippen LogP contribution in [-0.2, 0) is 14.6 Å². The van der Waals surface area contributed by atoms with Crippen molar-refractivity contribution < 1.29 is 13.2 Å². The topological polar surface area (TPSA) is 63.2 Å². The lowest BCUT2D eigenvalue weighted by atomic mass is 9.94. The van der Waals surface area contributed by atoms with Crippen molar-refractivity contribution in [2.24, 2.45) is 5.92 Å². The lowest BCUT2D eigenvalue weighted by Crippen LogP contribution is -2.35. The van der Waals surface area contributed by atoms with E-state index in [1.807, 2.05) is 6.92 Å². The molecule has 0 aromatic rings. The molecule has 0 aliphatic carbocycles. The van der Waals surface area contributed by atoms with Gasteiger partial charge < -0.3 is 5.32 Å². The van der Waals surface area contributed by atoms with E-state index in [9.17, 15) is 13.2 Å². The molecule has 94 valence electrons. The fourth-order valence-electron chi connectivity index (χ4n) is 2.00. The summed E-state index contributed by atoms with van der Waals surface area (Å²) in [4.78, 5) is 11.7. The molecule has 0 aromatic heterocycles. The summed E-state index contributed by atoms with van der Waals surface area (Å²) < 4.78 is 22.9. The Kier molecular flexibility index (Phi) is 5.41. The number of hydrogen-bond acceptors (Lipinski definition) is 4. The van der Waals surface area contributed by atoms with Gasteiger partial charge in [0.15, 0.2) is 9.84 Å². The van der Waals surface area contributed by atoms with E-state index in [-0.39, 0.29) is 29.6 Å². The molecule has 4 nitrogen and oxygen atoms in total. The van der Waals surface area contributed by atoms with Crippen LogP contribution in [0.2, 0.25) is 0 Å². The summed E-state index contributed by atoms with van der Waals surface area (Å²) in [6, 6.07) is 0. The predicted molar refractivity (Wildman–Crippen MR) is 64.2 cm³/mol. The van der Waals surface area contributed by atoms with Gasteiger partial charge in [0.05, 0.1) is 5.75 Å². The standard InChI is InChI=1S/C11H21NO3S/c1-2-7-16(14,15)8-5-11(13)10-4-3-6-12-9-10/h10,12H,2-9H2,1H3.